The molecular formula is C18H22N. The van der Waals surface area contributed by atoms with Gasteiger partial charge in [0.2, 0.25) is 0 Å². The lowest BCUT2D eigenvalue weighted by atomic mass is 9.94. The van der Waals surface area contributed by atoms with Gasteiger partial charge in [-0.05, 0) is 56.2 Å². The van der Waals surface area contributed by atoms with Crippen molar-refractivity contribution >= 4 is 5.57 Å². The number of allylic oxidation sites excluding steroid dienone is 3. The Labute approximate surface area is 116 Å². The SMILES string of the molecule is Cc1ccc(C2=CC(N3CCCCC3)=CC[CH]2)cc1. The zero-order valence-electron chi connectivity index (χ0n) is 11.7. The molecule has 0 atom stereocenters. The Morgan fingerprint density at radius 1 is 0.947 bits per heavy atom. The molecule has 99 valence electrons. The summed E-state index contributed by atoms with van der Waals surface area (Å²) in [4.78, 5) is 2.55. The Hall–Kier alpha value is -1.50. The smallest absolute Gasteiger partial charge is 0.0328 e. The van der Waals surface area contributed by atoms with Gasteiger partial charge >= 0.3 is 0 Å². The highest BCUT2D eigenvalue weighted by atomic mass is 15.1. The van der Waals surface area contributed by atoms with Crippen LogP contribution in [0.1, 0.15) is 36.8 Å². The molecule has 2 aliphatic rings. The molecule has 0 N–H and O–H groups in total. The van der Waals surface area contributed by atoms with Gasteiger partial charge in [0, 0.05) is 18.8 Å². The van der Waals surface area contributed by atoms with E-state index in [4.69, 9.17) is 0 Å². The molecule has 1 radical (unpaired) electrons. The molecule has 1 fully saturated rings. The van der Waals surface area contributed by atoms with Gasteiger partial charge in [-0.3, -0.25) is 0 Å². The van der Waals surface area contributed by atoms with Gasteiger partial charge in [-0.15, -0.1) is 0 Å². The van der Waals surface area contributed by atoms with E-state index in [0.29, 0.717) is 0 Å². The molecule has 1 heterocycles. The lowest BCUT2D eigenvalue weighted by Crippen LogP contribution is -2.29. The third-order valence-corrected chi connectivity index (χ3v) is 4.07. The number of piperidine rings is 1. The van der Waals surface area contributed by atoms with Crippen molar-refractivity contribution in [2.24, 2.45) is 0 Å². The molecule has 1 aromatic rings. The minimum absolute atomic E-state index is 1.06. The van der Waals surface area contributed by atoms with E-state index in [1.807, 2.05) is 0 Å². The van der Waals surface area contributed by atoms with Crippen LogP contribution < -0.4 is 0 Å². The summed E-state index contributed by atoms with van der Waals surface area (Å²) in [6.45, 7) is 4.59. The van der Waals surface area contributed by atoms with E-state index >= 15 is 0 Å². The highest BCUT2D eigenvalue weighted by molar-refractivity contribution is 5.75. The summed E-state index contributed by atoms with van der Waals surface area (Å²) in [5.41, 5.74) is 5.47. The Balaban J connectivity index is 1.80. The number of rotatable bonds is 2. The van der Waals surface area contributed by atoms with Crippen LogP contribution in [0.15, 0.2) is 42.1 Å². The van der Waals surface area contributed by atoms with Gasteiger partial charge in [0.1, 0.15) is 0 Å². The van der Waals surface area contributed by atoms with E-state index in [2.05, 4.69) is 54.7 Å². The van der Waals surface area contributed by atoms with Crippen LogP contribution in [0.3, 0.4) is 0 Å². The molecule has 3 rings (SSSR count). The van der Waals surface area contributed by atoms with Gasteiger partial charge in [0.05, 0.1) is 0 Å². The molecule has 1 nitrogen and oxygen atoms in total. The average Bonchev–Trinajstić information content (AvgIpc) is 2.49. The Morgan fingerprint density at radius 2 is 1.68 bits per heavy atom. The first-order valence-electron chi connectivity index (χ1n) is 7.40. The minimum atomic E-state index is 1.06. The molecule has 0 bridgehead atoms. The van der Waals surface area contributed by atoms with Gasteiger partial charge in [0.25, 0.3) is 0 Å². The molecular weight excluding hydrogens is 230 g/mol. The molecule has 19 heavy (non-hydrogen) atoms. The summed E-state index contributed by atoms with van der Waals surface area (Å²) in [5.74, 6) is 0. The van der Waals surface area contributed by atoms with Gasteiger partial charge < -0.3 is 4.90 Å². The van der Waals surface area contributed by atoms with E-state index in [0.717, 1.165) is 6.42 Å². The van der Waals surface area contributed by atoms with Crippen LogP contribution in [0.2, 0.25) is 0 Å². The number of aryl methyl sites for hydroxylation is 1. The molecule has 1 aromatic carbocycles. The fourth-order valence-corrected chi connectivity index (χ4v) is 2.90. The van der Waals surface area contributed by atoms with Crippen molar-refractivity contribution in [3.8, 4) is 0 Å². The Bertz CT molecular complexity index is 487. The molecule has 0 unspecified atom stereocenters. The lowest BCUT2D eigenvalue weighted by molar-refractivity contribution is 0.292. The average molecular weight is 252 g/mol. The first kappa shape index (κ1) is 12.5. The highest BCUT2D eigenvalue weighted by Gasteiger charge is 2.15. The molecule has 1 saturated heterocycles. The molecule has 0 amide bonds. The summed E-state index contributed by atoms with van der Waals surface area (Å²) in [7, 11) is 0. The fourth-order valence-electron chi connectivity index (χ4n) is 2.90. The third-order valence-electron chi connectivity index (χ3n) is 4.07. The van der Waals surface area contributed by atoms with Crippen molar-refractivity contribution in [2.75, 3.05) is 13.1 Å². The summed E-state index contributed by atoms with van der Waals surface area (Å²) < 4.78 is 0. The van der Waals surface area contributed by atoms with Crippen LogP contribution in [0, 0.1) is 13.3 Å². The van der Waals surface area contributed by atoms with Crippen LogP contribution in [-0.2, 0) is 0 Å². The summed E-state index contributed by atoms with van der Waals surface area (Å²) in [6.07, 6.45) is 12.2. The van der Waals surface area contributed by atoms with Crippen molar-refractivity contribution in [3.63, 3.8) is 0 Å². The summed E-state index contributed by atoms with van der Waals surface area (Å²) >= 11 is 0. The quantitative estimate of drug-likeness (QED) is 0.756. The van der Waals surface area contributed by atoms with E-state index in [9.17, 15) is 0 Å². The maximum atomic E-state index is 2.55. The molecule has 1 heteroatoms. The van der Waals surface area contributed by atoms with E-state index < -0.39 is 0 Å². The van der Waals surface area contributed by atoms with Crippen LogP contribution in [-0.4, -0.2) is 18.0 Å². The van der Waals surface area contributed by atoms with Crippen LogP contribution in [0.25, 0.3) is 5.57 Å². The van der Waals surface area contributed by atoms with Gasteiger partial charge in [-0.25, -0.2) is 0 Å². The Morgan fingerprint density at radius 3 is 2.42 bits per heavy atom. The number of hydrogen-bond donors (Lipinski definition) is 0. The van der Waals surface area contributed by atoms with Crippen molar-refractivity contribution in [1.29, 1.82) is 0 Å². The Kier molecular flexibility index (Phi) is 3.72. The monoisotopic (exact) mass is 252 g/mol. The van der Waals surface area contributed by atoms with Crippen molar-refractivity contribution in [3.05, 3.63) is 59.7 Å². The highest BCUT2D eigenvalue weighted by Crippen LogP contribution is 2.28. The molecule has 0 aromatic heterocycles. The van der Waals surface area contributed by atoms with Crippen LogP contribution in [0.4, 0.5) is 0 Å². The van der Waals surface area contributed by atoms with Crippen molar-refractivity contribution < 1.29 is 0 Å². The zero-order chi connectivity index (χ0) is 13.1. The maximum Gasteiger partial charge on any atom is 0.0328 e. The number of likely N-dealkylation sites (tertiary alicyclic amines) is 1. The molecule has 0 saturated carbocycles. The second-order valence-corrected chi connectivity index (χ2v) is 5.58. The van der Waals surface area contributed by atoms with E-state index in [1.165, 1.54) is 54.7 Å². The molecule has 1 aliphatic heterocycles. The molecule has 1 aliphatic carbocycles. The predicted molar refractivity (Wildman–Crippen MR) is 81.6 cm³/mol. The number of nitrogens with zero attached hydrogens (tertiary/aromatic N) is 1. The predicted octanol–water partition coefficient (Wildman–Crippen LogP) is 4.36. The largest absolute Gasteiger partial charge is 0.372 e. The minimum Gasteiger partial charge on any atom is -0.372 e. The second kappa shape index (κ2) is 5.64. The third kappa shape index (κ3) is 2.91. The van der Waals surface area contributed by atoms with Crippen LogP contribution in [0.5, 0.6) is 0 Å². The number of hydrogen-bond acceptors (Lipinski definition) is 1. The van der Waals surface area contributed by atoms with Crippen molar-refractivity contribution in [2.45, 2.75) is 32.6 Å². The van der Waals surface area contributed by atoms with Crippen molar-refractivity contribution in [1.82, 2.24) is 4.90 Å². The normalized spacial score (nSPS) is 19.9. The standard InChI is InChI=1S/C18H22N/c1-15-8-10-16(11-9-15)17-6-5-7-18(14-17)19-12-3-2-4-13-19/h6-11,14H,2-5,12-13H2,1H3. The van der Waals surface area contributed by atoms with Gasteiger partial charge in [-0.2, -0.15) is 0 Å². The number of benzene rings is 1. The van der Waals surface area contributed by atoms with Gasteiger partial charge in [-0.1, -0.05) is 35.9 Å². The summed E-state index contributed by atoms with van der Waals surface area (Å²) in [6, 6.07) is 8.86. The topological polar surface area (TPSA) is 3.24 Å². The van der Waals surface area contributed by atoms with E-state index in [1.54, 1.807) is 0 Å². The second-order valence-electron chi connectivity index (χ2n) is 5.58. The van der Waals surface area contributed by atoms with E-state index in [-0.39, 0.29) is 0 Å². The lowest BCUT2D eigenvalue weighted by Gasteiger charge is -2.31. The summed E-state index contributed by atoms with van der Waals surface area (Å²) in [5, 5.41) is 0. The maximum absolute atomic E-state index is 2.55. The first-order valence-corrected chi connectivity index (χ1v) is 7.40. The fraction of sp³-hybridized carbons (Fsp3) is 0.389. The molecule has 0 spiro atoms. The first-order chi connectivity index (χ1) is 9.33. The van der Waals surface area contributed by atoms with Gasteiger partial charge in [0.15, 0.2) is 0 Å². The van der Waals surface area contributed by atoms with Crippen LogP contribution >= 0.6 is 0 Å². The zero-order valence-corrected chi connectivity index (χ0v) is 11.7.